The van der Waals surface area contributed by atoms with Crippen LogP contribution in [0.25, 0.3) is 0 Å². The van der Waals surface area contributed by atoms with Crippen LogP contribution in [0.5, 0.6) is 0 Å². The average molecular weight is 235 g/mol. The van der Waals surface area contributed by atoms with E-state index in [9.17, 15) is 13.2 Å². The van der Waals surface area contributed by atoms with Crippen molar-refractivity contribution in [2.45, 2.75) is 32.2 Å². The maximum atomic E-state index is 11.7. The van der Waals surface area contributed by atoms with Gasteiger partial charge in [0.05, 0.1) is 12.9 Å². The molecule has 0 aromatic rings. The molecule has 1 aliphatic rings. The number of piperidine rings is 1. The number of rotatable bonds is 3. The molecule has 5 nitrogen and oxygen atoms in total. The van der Waals surface area contributed by atoms with Gasteiger partial charge in [-0.1, -0.05) is 0 Å². The van der Waals surface area contributed by atoms with Crippen molar-refractivity contribution in [3.05, 3.63) is 0 Å². The molecule has 6 heteroatoms. The first kappa shape index (κ1) is 12.4. The van der Waals surface area contributed by atoms with Crippen molar-refractivity contribution >= 4 is 16.0 Å². The Balaban J connectivity index is 2.88. The highest BCUT2D eigenvalue weighted by Crippen LogP contribution is 2.21. The van der Waals surface area contributed by atoms with Gasteiger partial charge in [-0.05, 0) is 26.2 Å². The van der Waals surface area contributed by atoms with Gasteiger partial charge in [-0.25, -0.2) is 8.42 Å². The molecule has 1 rings (SSSR count). The van der Waals surface area contributed by atoms with Gasteiger partial charge in [-0.2, -0.15) is 4.31 Å². The topological polar surface area (TPSA) is 63.7 Å². The Morgan fingerprint density at radius 2 is 2.13 bits per heavy atom. The molecule has 0 saturated carbocycles. The zero-order valence-electron chi connectivity index (χ0n) is 9.10. The van der Waals surface area contributed by atoms with Crippen LogP contribution in [0, 0.1) is 0 Å². The molecule has 0 bridgehead atoms. The van der Waals surface area contributed by atoms with Crippen LogP contribution in [-0.4, -0.2) is 44.1 Å². The lowest BCUT2D eigenvalue weighted by Crippen LogP contribution is -2.48. The number of carbonyl (C=O) groups is 1. The molecule has 0 aromatic heterocycles. The van der Waals surface area contributed by atoms with E-state index in [2.05, 4.69) is 4.74 Å². The van der Waals surface area contributed by atoms with Crippen LogP contribution in [0.3, 0.4) is 0 Å². The van der Waals surface area contributed by atoms with E-state index >= 15 is 0 Å². The minimum Gasteiger partial charge on any atom is -0.468 e. The van der Waals surface area contributed by atoms with E-state index < -0.39 is 22.0 Å². The molecular weight excluding hydrogens is 218 g/mol. The summed E-state index contributed by atoms with van der Waals surface area (Å²) in [6.07, 6.45) is 2.24. The molecule has 0 amide bonds. The molecular formula is C9H17NO4S. The molecule has 1 heterocycles. The molecule has 1 fully saturated rings. The Bertz CT molecular complexity index is 325. The van der Waals surface area contributed by atoms with E-state index in [0.717, 1.165) is 12.8 Å². The standard InChI is InChI=1S/C9H17NO4S/c1-3-15(12,13)10-7-5-4-6-8(10)9(11)14-2/h8H,3-7H2,1-2H3. The fourth-order valence-electron chi connectivity index (χ4n) is 1.78. The third-order valence-electron chi connectivity index (χ3n) is 2.65. The summed E-state index contributed by atoms with van der Waals surface area (Å²) in [4.78, 5) is 11.4. The first-order chi connectivity index (χ1) is 7.03. The molecule has 0 aromatic carbocycles. The van der Waals surface area contributed by atoms with E-state index in [4.69, 9.17) is 0 Å². The third-order valence-corrected chi connectivity index (χ3v) is 4.53. The second-order valence-electron chi connectivity index (χ2n) is 3.55. The van der Waals surface area contributed by atoms with Gasteiger partial charge in [-0.3, -0.25) is 4.79 Å². The minimum atomic E-state index is -3.29. The number of esters is 1. The number of nitrogens with zero attached hydrogens (tertiary/aromatic N) is 1. The van der Waals surface area contributed by atoms with Crippen molar-refractivity contribution in [1.29, 1.82) is 0 Å². The van der Waals surface area contributed by atoms with Gasteiger partial charge in [0.25, 0.3) is 0 Å². The average Bonchev–Trinajstić information content (AvgIpc) is 2.28. The molecule has 0 radical (unpaired) electrons. The molecule has 0 spiro atoms. The fourth-order valence-corrected chi connectivity index (χ4v) is 3.09. The second-order valence-corrected chi connectivity index (χ2v) is 5.76. The first-order valence-electron chi connectivity index (χ1n) is 5.10. The lowest BCUT2D eigenvalue weighted by Gasteiger charge is -2.32. The van der Waals surface area contributed by atoms with E-state index in [1.54, 1.807) is 6.92 Å². The van der Waals surface area contributed by atoms with E-state index in [-0.39, 0.29) is 5.75 Å². The van der Waals surface area contributed by atoms with Crippen LogP contribution in [0.2, 0.25) is 0 Å². The number of sulfonamides is 1. The highest BCUT2D eigenvalue weighted by molar-refractivity contribution is 7.89. The van der Waals surface area contributed by atoms with Crippen LogP contribution >= 0.6 is 0 Å². The van der Waals surface area contributed by atoms with Crippen LogP contribution in [-0.2, 0) is 19.6 Å². The summed E-state index contributed by atoms with van der Waals surface area (Å²) in [7, 11) is -2.01. The fraction of sp³-hybridized carbons (Fsp3) is 0.889. The number of methoxy groups -OCH3 is 1. The van der Waals surface area contributed by atoms with E-state index in [1.807, 2.05) is 0 Å². The third kappa shape index (κ3) is 2.69. The summed E-state index contributed by atoms with van der Waals surface area (Å²) in [6, 6.07) is -0.617. The second kappa shape index (κ2) is 4.94. The predicted molar refractivity (Wildman–Crippen MR) is 55.8 cm³/mol. The molecule has 1 atom stereocenters. The maximum absolute atomic E-state index is 11.7. The Kier molecular flexibility index (Phi) is 4.10. The molecule has 1 unspecified atom stereocenters. The lowest BCUT2D eigenvalue weighted by atomic mass is 10.1. The summed E-state index contributed by atoms with van der Waals surface area (Å²) >= 11 is 0. The van der Waals surface area contributed by atoms with Crippen molar-refractivity contribution in [1.82, 2.24) is 4.31 Å². The highest BCUT2D eigenvalue weighted by atomic mass is 32.2. The number of hydrogen-bond donors (Lipinski definition) is 0. The van der Waals surface area contributed by atoms with Crippen LogP contribution in [0.15, 0.2) is 0 Å². The Hall–Kier alpha value is -0.620. The van der Waals surface area contributed by atoms with Gasteiger partial charge >= 0.3 is 5.97 Å². The molecule has 15 heavy (non-hydrogen) atoms. The summed E-state index contributed by atoms with van der Waals surface area (Å²) < 4.78 is 29.3. The number of carbonyl (C=O) groups excluding carboxylic acids is 1. The first-order valence-corrected chi connectivity index (χ1v) is 6.71. The minimum absolute atomic E-state index is 0.0283. The Morgan fingerprint density at radius 3 is 2.67 bits per heavy atom. The van der Waals surface area contributed by atoms with Gasteiger partial charge in [-0.15, -0.1) is 0 Å². The van der Waals surface area contributed by atoms with Crippen molar-refractivity contribution in [3.8, 4) is 0 Å². The van der Waals surface area contributed by atoms with Gasteiger partial charge in [0.15, 0.2) is 0 Å². The van der Waals surface area contributed by atoms with Gasteiger partial charge in [0, 0.05) is 6.54 Å². The maximum Gasteiger partial charge on any atom is 0.324 e. The number of ether oxygens (including phenoxy) is 1. The summed E-state index contributed by atoms with van der Waals surface area (Å²) in [5.41, 5.74) is 0. The van der Waals surface area contributed by atoms with Crippen LogP contribution < -0.4 is 0 Å². The van der Waals surface area contributed by atoms with Crippen molar-refractivity contribution < 1.29 is 17.9 Å². The van der Waals surface area contributed by atoms with Gasteiger partial charge < -0.3 is 4.74 Å². The van der Waals surface area contributed by atoms with E-state index in [0.29, 0.717) is 13.0 Å². The number of hydrogen-bond acceptors (Lipinski definition) is 4. The molecule has 0 aliphatic carbocycles. The zero-order valence-corrected chi connectivity index (χ0v) is 9.92. The molecule has 0 N–H and O–H groups in total. The summed E-state index contributed by atoms with van der Waals surface area (Å²) in [5.74, 6) is -0.424. The molecule has 1 aliphatic heterocycles. The van der Waals surface area contributed by atoms with Crippen LogP contribution in [0.4, 0.5) is 0 Å². The molecule has 88 valence electrons. The lowest BCUT2D eigenvalue weighted by molar-refractivity contribution is -0.146. The van der Waals surface area contributed by atoms with Crippen LogP contribution in [0.1, 0.15) is 26.2 Å². The van der Waals surface area contributed by atoms with Crippen molar-refractivity contribution in [2.75, 3.05) is 19.4 Å². The zero-order chi connectivity index (χ0) is 11.5. The summed E-state index contributed by atoms with van der Waals surface area (Å²) in [5, 5.41) is 0. The van der Waals surface area contributed by atoms with Crippen molar-refractivity contribution in [3.63, 3.8) is 0 Å². The van der Waals surface area contributed by atoms with Gasteiger partial charge in [0.1, 0.15) is 6.04 Å². The Morgan fingerprint density at radius 1 is 1.47 bits per heavy atom. The predicted octanol–water partition coefficient (Wildman–Crippen LogP) is 0.364. The normalized spacial score (nSPS) is 23.7. The van der Waals surface area contributed by atoms with Gasteiger partial charge in [0.2, 0.25) is 10.0 Å². The quantitative estimate of drug-likeness (QED) is 0.663. The molecule has 1 saturated heterocycles. The van der Waals surface area contributed by atoms with E-state index in [1.165, 1.54) is 11.4 Å². The monoisotopic (exact) mass is 235 g/mol. The largest absolute Gasteiger partial charge is 0.468 e. The summed E-state index contributed by atoms with van der Waals surface area (Å²) in [6.45, 7) is 2.01. The SMILES string of the molecule is CCS(=O)(=O)N1CCCCC1C(=O)OC. The smallest absolute Gasteiger partial charge is 0.324 e. The highest BCUT2D eigenvalue weighted by Gasteiger charge is 2.36. The Labute approximate surface area is 90.4 Å². The van der Waals surface area contributed by atoms with Crippen molar-refractivity contribution in [2.24, 2.45) is 0 Å².